The highest BCUT2D eigenvalue weighted by atomic mass is 35.5. The number of pyridine rings is 2. The summed E-state index contributed by atoms with van der Waals surface area (Å²) < 4.78 is 28.3. The Balaban J connectivity index is 1.97. The van der Waals surface area contributed by atoms with Crippen molar-refractivity contribution in [2.75, 3.05) is 11.1 Å². The molecule has 26 heavy (non-hydrogen) atoms. The van der Waals surface area contributed by atoms with Crippen molar-refractivity contribution < 1.29 is 8.78 Å². The van der Waals surface area contributed by atoms with Gasteiger partial charge in [0.25, 0.3) is 0 Å². The zero-order valence-corrected chi connectivity index (χ0v) is 15.0. The minimum Gasteiger partial charge on any atom is -0.381 e. The monoisotopic (exact) mass is 374 g/mol. The van der Waals surface area contributed by atoms with E-state index in [4.69, 9.17) is 17.3 Å². The minimum atomic E-state index is -0.536. The largest absolute Gasteiger partial charge is 0.381 e. The molecule has 0 aliphatic rings. The van der Waals surface area contributed by atoms with Crippen LogP contribution in [0.5, 0.6) is 0 Å². The van der Waals surface area contributed by atoms with E-state index in [9.17, 15) is 8.78 Å². The third-order valence-corrected chi connectivity index (χ3v) is 4.44. The number of aromatic nitrogens is 2. The summed E-state index contributed by atoms with van der Waals surface area (Å²) in [5.74, 6) is -1.14. The predicted molar refractivity (Wildman–Crippen MR) is 99.8 cm³/mol. The zero-order chi connectivity index (χ0) is 18.8. The van der Waals surface area contributed by atoms with Gasteiger partial charge in [-0.25, -0.2) is 13.8 Å². The van der Waals surface area contributed by atoms with Crippen molar-refractivity contribution >= 4 is 28.8 Å². The second-order valence-electron chi connectivity index (χ2n) is 5.96. The molecule has 0 aliphatic carbocycles. The van der Waals surface area contributed by atoms with Gasteiger partial charge in [0.1, 0.15) is 5.82 Å². The lowest BCUT2D eigenvalue weighted by atomic mass is 10.0. The molecule has 7 heteroatoms. The molecular formula is C19H17ClF2N4. The summed E-state index contributed by atoms with van der Waals surface area (Å²) in [5, 5.41) is 3.38. The number of benzene rings is 1. The molecular weight excluding hydrogens is 358 g/mol. The van der Waals surface area contributed by atoms with Crippen LogP contribution in [-0.2, 0) is 6.42 Å². The van der Waals surface area contributed by atoms with Gasteiger partial charge in [-0.3, -0.25) is 4.98 Å². The maximum atomic E-state index is 14.2. The Hall–Kier alpha value is -2.73. The smallest absolute Gasteiger partial charge is 0.168 e. The lowest BCUT2D eigenvalue weighted by Gasteiger charge is -2.16. The molecule has 3 rings (SSSR count). The molecule has 0 aliphatic heterocycles. The van der Waals surface area contributed by atoms with Gasteiger partial charge >= 0.3 is 0 Å². The van der Waals surface area contributed by atoms with Crippen LogP contribution in [0.3, 0.4) is 0 Å². The van der Waals surface area contributed by atoms with E-state index >= 15 is 0 Å². The van der Waals surface area contributed by atoms with Crippen molar-refractivity contribution in [3.8, 4) is 0 Å². The van der Waals surface area contributed by atoms with Gasteiger partial charge in [0, 0.05) is 23.8 Å². The van der Waals surface area contributed by atoms with Gasteiger partial charge in [-0.15, -0.1) is 0 Å². The minimum absolute atomic E-state index is 0.137. The van der Waals surface area contributed by atoms with Gasteiger partial charge < -0.3 is 11.1 Å². The molecule has 0 radical (unpaired) electrons. The third-order valence-electron chi connectivity index (χ3n) is 4.20. The number of nitrogen functional groups attached to an aromatic ring is 1. The molecule has 0 saturated carbocycles. The van der Waals surface area contributed by atoms with Crippen molar-refractivity contribution in [2.45, 2.75) is 20.3 Å². The molecule has 2 heterocycles. The molecule has 134 valence electrons. The van der Waals surface area contributed by atoms with Crippen LogP contribution in [0, 0.1) is 25.5 Å². The lowest BCUT2D eigenvalue weighted by molar-refractivity contribution is 0.613. The van der Waals surface area contributed by atoms with E-state index in [2.05, 4.69) is 15.3 Å². The summed E-state index contributed by atoms with van der Waals surface area (Å²) >= 11 is 5.79. The van der Waals surface area contributed by atoms with E-state index in [0.717, 1.165) is 11.1 Å². The summed E-state index contributed by atoms with van der Waals surface area (Å²) in [4.78, 5) is 8.08. The number of hydrogen-bond donors (Lipinski definition) is 2. The van der Waals surface area contributed by atoms with Gasteiger partial charge in [0.05, 0.1) is 17.1 Å². The van der Waals surface area contributed by atoms with E-state index in [-0.39, 0.29) is 5.82 Å². The van der Waals surface area contributed by atoms with E-state index in [1.165, 1.54) is 12.3 Å². The van der Waals surface area contributed by atoms with Crippen molar-refractivity contribution in [2.24, 2.45) is 0 Å². The summed E-state index contributed by atoms with van der Waals surface area (Å²) in [7, 11) is 0. The first-order valence-corrected chi connectivity index (χ1v) is 8.30. The first kappa shape index (κ1) is 18.1. The molecule has 0 atom stereocenters. The van der Waals surface area contributed by atoms with E-state index in [1.807, 2.05) is 13.8 Å². The van der Waals surface area contributed by atoms with Gasteiger partial charge in [-0.2, -0.15) is 0 Å². The van der Waals surface area contributed by atoms with Crippen LogP contribution in [-0.4, -0.2) is 9.97 Å². The van der Waals surface area contributed by atoms with Crippen LogP contribution in [0.15, 0.2) is 36.7 Å². The van der Waals surface area contributed by atoms with Gasteiger partial charge in [0.15, 0.2) is 11.6 Å². The zero-order valence-electron chi connectivity index (χ0n) is 14.3. The highest BCUT2D eigenvalue weighted by Gasteiger charge is 2.14. The van der Waals surface area contributed by atoms with Gasteiger partial charge in [-0.05, 0) is 54.8 Å². The average molecular weight is 375 g/mol. The summed E-state index contributed by atoms with van der Waals surface area (Å²) in [5.41, 5.74) is 9.28. The van der Waals surface area contributed by atoms with Crippen LogP contribution in [0.4, 0.5) is 26.0 Å². The third kappa shape index (κ3) is 3.60. The number of rotatable bonds is 4. The van der Waals surface area contributed by atoms with Crippen LogP contribution in [0.2, 0.25) is 5.02 Å². The van der Waals surface area contributed by atoms with Crippen molar-refractivity contribution in [3.63, 3.8) is 0 Å². The lowest BCUT2D eigenvalue weighted by Crippen LogP contribution is -2.05. The summed E-state index contributed by atoms with van der Waals surface area (Å²) in [6.45, 7) is 3.70. The Morgan fingerprint density at radius 2 is 1.88 bits per heavy atom. The number of aryl methyl sites for hydroxylation is 1. The molecule has 0 spiro atoms. The maximum absolute atomic E-state index is 14.2. The molecule has 4 nitrogen and oxygen atoms in total. The van der Waals surface area contributed by atoms with Crippen LogP contribution < -0.4 is 11.1 Å². The molecule has 0 saturated heterocycles. The molecule has 0 bridgehead atoms. The van der Waals surface area contributed by atoms with Crippen LogP contribution in [0.25, 0.3) is 0 Å². The predicted octanol–water partition coefficient (Wildman–Crippen LogP) is 4.94. The van der Waals surface area contributed by atoms with Crippen molar-refractivity contribution in [1.29, 1.82) is 0 Å². The average Bonchev–Trinajstić information content (AvgIpc) is 2.59. The highest BCUT2D eigenvalue weighted by Crippen LogP contribution is 2.29. The van der Waals surface area contributed by atoms with E-state index in [0.29, 0.717) is 34.1 Å². The molecule has 3 aromatic rings. The Morgan fingerprint density at radius 3 is 2.62 bits per heavy atom. The van der Waals surface area contributed by atoms with Crippen LogP contribution in [0.1, 0.15) is 22.4 Å². The van der Waals surface area contributed by atoms with Gasteiger partial charge in [0.2, 0.25) is 0 Å². The number of halogens is 3. The second kappa shape index (κ2) is 7.25. The Kier molecular flexibility index (Phi) is 5.04. The fraction of sp³-hybridized carbons (Fsp3) is 0.158. The molecule has 0 fully saturated rings. The topological polar surface area (TPSA) is 63.8 Å². The number of nitrogens with one attached hydrogen (secondary N) is 1. The normalized spacial score (nSPS) is 10.8. The fourth-order valence-corrected chi connectivity index (χ4v) is 2.86. The van der Waals surface area contributed by atoms with E-state index < -0.39 is 11.6 Å². The molecule has 0 amide bonds. The second-order valence-corrected chi connectivity index (χ2v) is 6.40. The van der Waals surface area contributed by atoms with Crippen molar-refractivity contribution in [3.05, 3.63) is 75.7 Å². The first-order chi connectivity index (χ1) is 12.4. The van der Waals surface area contributed by atoms with Crippen LogP contribution >= 0.6 is 11.6 Å². The highest BCUT2D eigenvalue weighted by molar-refractivity contribution is 6.30. The van der Waals surface area contributed by atoms with Gasteiger partial charge in [-0.1, -0.05) is 11.6 Å². The first-order valence-electron chi connectivity index (χ1n) is 7.93. The SMILES string of the molecule is Cc1ncc(Cc2ccnc(N)c2F)c(C)c1Nc1ccc(Cl)cc1F. The Morgan fingerprint density at radius 1 is 1.12 bits per heavy atom. The Labute approximate surface area is 155 Å². The maximum Gasteiger partial charge on any atom is 0.168 e. The standard InChI is InChI=1S/C19H17ClF2N4/c1-10-13(7-12-5-6-24-19(23)17(12)22)9-25-11(2)18(10)26-16-4-3-14(20)8-15(16)21/h3-6,8-9,26H,7H2,1-2H3,(H2,23,24). The number of nitrogens with zero attached hydrogens (tertiary/aromatic N) is 2. The van der Waals surface area contributed by atoms with E-state index in [1.54, 1.807) is 24.4 Å². The Bertz CT molecular complexity index is 976. The molecule has 0 unspecified atom stereocenters. The molecule has 1 aromatic carbocycles. The number of nitrogens with two attached hydrogens (primary N) is 1. The summed E-state index contributed by atoms with van der Waals surface area (Å²) in [6.07, 6.45) is 3.45. The molecule has 3 N–H and O–H groups in total. The number of hydrogen-bond acceptors (Lipinski definition) is 4. The summed E-state index contributed by atoms with van der Waals surface area (Å²) in [6, 6.07) is 5.98. The molecule has 2 aromatic heterocycles. The fourth-order valence-electron chi connectivity index (χ4n) is 2.70. The number of anilines is 3. The van der Waals surface area contributed by atoms with Crippen molar-refractivity contribution in [1.82, 2.24) is 9.97 Å². The quantitative estimate of drug-likeness (QED) is 0.678.